The first-order valence-corrected chi connectivity index (χ1v) is 9.55. The highest BCUT2D eigenvalue weighted by molar-refractivity contribution is 8.04. The Morgan fingerprint density at radius 2 is 1.70 bits per heavy atom. The molecule has 0 aromatic heterocycles. The van der Waals surface area contributed by atoms with Crippen LogP contribution < -0.4 is 4.13 Å². The molecule has 0 atom stereocenters. The summed E-state index contributed by atoms with van der Waals surface area (Å²) in [4.78, 5) is 11.2. The lowest BCUT2D eigenvalue weighted by atomic mass is 10.1. The zero-order valence-corrected chi connectivity index (χ0v) is 13.3. The molecular weight excluding hydrogens is 306 g/mol. The number of nitrogens with one attached hydrogen (secondary N) is 1. The van der Waals surface area contributed by atoms with Gasteiger partial charge in [0.15, 0.2) is 5.78 Å². The second kappa shape index (κ2) is 8.50. The van der Waals surface area contributed by atoms with Crippen LogP contribution in [0, 0.1) is 0 Å². The van der Waals surface area contributed by atoms with Crippen LogP contribution in [-0.2, 0) is 29.6 Å². The normalized spacial score (nSPS) is 12.3. The fourth-order valence-corrected chi connectivity index (χ4v) is 3.95. The summed E-state index contributed by atoms with van der Waals surface area (Å²) < 4.78 is 50.9. The van der Waals surface area contributed by atoms with E-state index in [1.54, 1.807) is 11.1 Å². The van der Waals surface area contributed by atoms with Gasteiger partial charge in [-0.05, 0) is 25.3 Å². The lowest BCUT2D eigenvalue weighted by Gasteiger charge is -2.06. The fourth-order valence-electron chi connectivity index (χ4n) is 1.27. The van der Waals surface area contributed by atoms with Gasteiger partial charge in [0.05, 0.1) is 12.0 Å². The molecule has 20 heavy (non-hydrogen) atoms. The number of rotatable bonds is 11. The molecule has 118 valence electrons. The number of carbonyl (C=O) groups excluding carboxylic acids is 1. The summed E-state index contributed by atoms with van der Waals surface area (Å²) in [7, 11) is -7.62. The summed E-state index contributed by atoms with van der Waals surface area (Å²) in [5.41, 5.74) is 0.503. The number of Topliss-reactive ketones (excluding diaryl/α,β-unsaturated/α-hetero) is 1. The Labute approximate surface area is 120 Å². The van der Waals surface area contributed by atoms with Gasteiger partial charge in [-0.1, -0.05) is 6.58 Å². The van der Waals surface area contributed by atoms with E-state index in [2.05, 4.69) is 6.58 Å². The first-order chi connectivity index (χ1) is 9.03. The fraction of sp³-hybridized carbons (Fsp3) is 0.727. The maximum Gasteiger partial charge on any atom is 0.224 e. The molecule has 9 heteroatoms. The molecule has 1 N–H and O–H groups in total. The summed E-state index contributed by atoms with van der Waals surface area (Å²) in [5.74, 6) is -0.348. The Hall–Kier alpha value is -0.770. The molecule has 0 aliphatic rings. The third kappa shape index (κ3) is 11.1. The van der Waals surface area contributed by atoms with Crippen molar-refractivity contribution in [1.82, 2.24) is 4.13 Å². The van der Waals surface area contributed by atoms with E-state index in [1.165, 1.54) is 0 Å². The number of hydrogen-bond donors (Lipinski definition) is 1. The predicted molar refractivity (Wildman–Crippen MR) is 76.3 cm³/mol. The molecule has 0 radical (unpaired) electrons. The van der Waals surface area contributed by atoms with Gasteiger partial charge in [0.25, 0.3) is 0 Å². The van der Waals surface area contributed by atoms with Crippen molar-refractivity contribution >= 4 is 25.8 Å². The number of ketones is 1. The van der Waals surface area contributed by atoms with E-state index in [9.17, 15) is 21.6 Å². The molecule has 0 aliphatic carbocycles. The average Bonchev–Trinajstić information content (AvgIpc) is 2.23. The Morgan fingerprint density at radius 3 is 2.20 bits per heavy atom. The van der Waals surface area contributed by atoms with Crippen LogP contribution in [-0.4, -0.2) is 47.8 Å². The van der Waals surface area contributed by atoms with Gasteiger partial charge >= 0.3 is 0 Å². The second-order valence-corrected chi connectivity index (χ2v) is 8.30. The van der Waals surface area contributed by atoms with E-state index in [1.807, 2.05) is 0 Å². The van der Waals surface area contributed by atoms with E-state index in [4.69, 9.17) is 4.74 Å². The molecule has 0 saturated carbocycles. The van der Waals surface area contributed by atoms with Gasteiger partial charge in [-0.3, -0.25) is 4.79 Å². The predicted octanol–water partition coefficient (Wildman–Crippen LogP) is 0.198. The van der Waals surface area contributed by atoms with Gasteiger partial charge in [-0.25, -0.2) is 16.8 Å². The Balaban J connectivity index is 3.73. The topological polar surface area (TPSA) is 107 Å². The van der Waals surface area contributed by atoms with Gasteiger partial charge in [0.2, 0.25) is 20.0 Å². The van der Waals surface area contributed by atoms with Gasteiger partial charge in [0.1, 0.15) is 0 Å². The van der Waals surface area contributed by atoms with E-state index < -0.39 is 20.0 Å². The van der Waals surface area contributed by atoms with Crippen LogP contribution in [0.4, 0.5) is 0 Å². The van der Waals surface area contributed by atoms with Crippen molar-refractivity contribution < 1.29 is 26.4 Å². The van der Waals surface area contributed by atoms with Crippen LogP contribution in [0.5, 0.6) is 0 Å². The number of hydrogen-bond acceptors (Lipinski definition) is 6. The number of ether oxygens (including phenoxy) is 1. The van der Waals surface area contributed by atoms with Crippen molar-refractivity contribution in [2.24, 2.45) is 0 Å². The summed E-state index contributed by atoms with van der Waals surface area (Å²) in [6.45, 7) is 5.70. The molecule has 0 saturated heterocycles. The zero-order valence-electron chi connectivity index (χ0n) is 11.7. The molecule has 0 aromatic rings. The molecule has 0 spiro atoms. The lowest BCUT2D eigenvalue weighted by Crippen LogP contribution is -2.31. The first kappa shape index (κ1) is 19.2. The summed E-state index contributed by atoms with van der Waals surface area (Å²) in [6.07, 6.45) is 1.85. The van der Waals surface area contributed by atoms with Crippen molar-refractivity contribution in [3.05, 3.63) is 12.2 Å². The van der Waals surface area contributed by atoms with E-state index in [-0.39, 0.29) is 24.6 Å². The lowest BCUT2D eigenvalue weighted by molar-refractivity contribution is -0.115. The maximum atomic E-state index is 11.3. The molecule has 7 nitrogen and oxygen atoms in total. The van der Waals surface area contributed by atoms with Gasteiger partial charge in [0, 0.05) is 19.6 Å². The number of allylic oxidation sites excluding steroid dienone is 1. The third-order valence-electron chi connectivity index (χ3n) is 2.15. The van der Waals surface area contributed by atoms with Crippen LogP contribution in [0.15, 0.2) is 12.2 Å². The van der Waals surface area contributed by atoms with Crippen LogP contribution in [0.25, 0.3) is 0 Å². The van der Waals surface area contributed by atoms with Gasteiger partial charge in [-0.2, -0.15) is 0 Å². The van der Waals surface area contributed by atoms with Gasteiger partial charge < -0.3 is 4.74 Å². The summed E-state index contributed by atoms with van der Waals surface area (Å²) in [5, 5.41) is 0. The minimum Gasteiger partial charge on any atom is -0.381 e. The molecule has 0 aromatic carbocycles. The molecule has 0 bridgehead atoms. The highest BCUT2D eigenvalue weighted by atomic mass is 32.3. The molecule has 0 fully saturated rings. The quantitative estimate of drug-likeness (QED) is 0.429. The third-order valence-corrected chi connectivity index (χ3v) is 5.20. The monoisotopic (exact) mass is 327 g/mol. The molecule has 0 heterocycles. The van der Waals surface area contributed by atoms with Crippen molar-refractivity contribution in [2.45, 2.75) is 26.2 Å². The molecular formula is C11H21NO6S2. The number of sulfonamides is 2. The standard InChI is InChI=1S/C11H21NO6S2/c1-10(2)11(13)6-4-7-18-8-5-9-20(16,17)12-19(3,14)15/h12H,1,4-9H2,2-3H3. The second-order valence-electron chi connectivity index (χ2n) is 4.45. The van der Waals surface area contributed by atoms with E-state index in [0.29, 0.717) is 25.0 Å². The van der Waals surface area contributed by atoms with Crippen LogP contribution in [0.2, 0.25) is 0 Å². The first-order valence-electron chi connectivity index (χ1n) is 6.01. The largest absolute Gasteiger partial charge is 0.381 e. The highest BCUT2D eigenvalue weighted by Crippen LogP contribution is 2.00. The van der Waals surface area contributed by atoms with Crippen molar-refractivity contribution in [2.75, 3.05) is 25.2 Å². The Morgan fingerprint density at radius 1 is 1.15 bits per heavy atom. The van der Waals surface area contributed by atoms with Crippen molar-refractivity contribution in [3.8, 4) is 0 Å². The zero-order chi connectivity index (χ0) is 15.8. The van der Waals surface area contributed by atoms with Gasteiger partial charge in [-0.15, -0.1) is 4.13 Å². The minimum absolute atomic E-state index is 0.0199. The molecule has 0 unspecified atom stereocenters. The van der Waals surface area contributed by atoms with Crippen LogP contribution in [0.3, 0.4) is 0 Å². The summed E-state index contributed by atoms with van der Waals surface area (Å²) in [6, 6.07) is 0. The smallest absolute Gasteiger partial charge is 0.224 e. The molecule has 0 aliphatic heterocycles. The average molecular weight is 327 g/mol. The Bertz CT molecular complexity index is 535. The van der Waals surface area contributed by atoms with E-state index >= 15 is 0 Å². The number of carbonyl (C=O) groups is 1. The Kier molecular flexibility index (Phi) is 8.17. The molecule has 0 rings (SSSR count). The van der Waals surface area contributed by atoms with Crippen molar-refractivity contribution in [3.63, 3.8) is 0 Å². The van der Waals surface area contributed by atoms with Crippen LogP contribution in [0.1, 0.15) is 26.2 Å². The van der Waals surface area contributed by atoms with E-state index in [0.717, 1.165) is 6.26 Å². The molecule has 0 amide bonds. The van der Waals surface area contributed by atoms with Crippen LogP contribution >= 0.6 is 0 Å². The SMILES string of the molecule is C=C(C)C(=O)CCCOCCCS(=O)(=O)NS(C)(=O)=O. The maximum absolute atomic E-state index is 11.3. The van der Waals surface area contributed by atoms with Crippen molar-refractivity contribution in [1.29, 1.82) is 0 Å². The summed E-state index contributed by atoms with van der Waals surface area (Å²) >= 11 is 0. The highest BCUT2D eigenvalue weighted by Gasteiger charge is 2.15. The minimum atomic E-state index is -3.84.